The van der Waals surface area contributed by atoms with Crippen LogP contribution >= 0.6 is 0 Å². The van der Waals surface area contributed by atoms with E-state index < -0.39 is 42.1 Å². The zero-order valence-corrected chi connectivity index (χ0v) is 15.1. The average molecular weight is 358 g/mol. The molecular formula is C20H22O6. The van der Waals surface area contributed by atoms with Gasteiger partial charge in [-0.2, -0.15) is 0 Å². The number of hydrogen-bond donors (Lipinski definition) is 0. The fourth-order valence-electron chi connectivity index (χ4n) is 3.36. The molecule has 3 rings (SSSR count). The summed E-state index contributed by atoms with van der Waals surface area (Å²) in [6.07, 6.45) is 4.52. The molecule has 2 fully saturated rings. The number of carbonyl (C=O) groups is 3. The van der Waals surface area contributed by atoms with E-state index in [1.54, 1.807) is 19.9 Å². The van der Waals surface area contributed by atoms with Gasteiger partial charge < -0.3 is 14.2 Å². The van der Waals surface area contributed by atoms with Crippen molar-refractivity contribution in [2.24, 2.45) is 5.92 Å². The van der Waals surface area contributed by atoms with Crippen LogP contribution < -0.4 is 0 Å². The zero-order valence-electron chi connectivity index (χ0n) is 15.1. The van der Waals surface area contributed by atoms with Gasteiger partial charge in [-0.05, 0) is 39.7 Å². The molecule has 0 saturated carbocycles. The second-order valence-electron chi connectivity index (χ2n) is 6.80. The number of carbonyl (C=O) groups excluding carboxylic acids is 3. The minimum atomic E-state index is -0.868. The summed E-state index contributed by atoms with van der Waals surface area (Å²) in [5.74, 6) is -2.08. The van der Waals surface area contributed by atoms with Gasteiger partial charge in [0.1, 0.15) is 6.10 Å². The lowest BCUT2D eigenvalue weighted by Crippen LogP contribution is -2.52. The molecule has 0 unspecified atom stereocenters. The number of allylic oxidation sites excluding steroid dienone is 3. The molecule has 0 radical (unpaired) electrons. The molecule has 6 heteroatoms. The van der Waals surface area contributed by atoms with Gasteiger partial charge in [-0.25, -0.2) is 14.4 Å². The van der Waals surface area contributed by atoms with E-state index in [1.165, 1.54) is 0 Å². The van der Waals surface area contributed by atoms with Crippen molar-refractivity contribution in [2.75, 3.05) is 0 Å². The highest BCUT2D eigenvalue weighted by atomic mass is 16.6. The van der Waals surface area contributed by atoms with Crippen LogP contribution in [0.25, 0.3) is 0 Å². The van der Waals surface area contributed by atoms with E-state index in [0.717, 1.165) is 12.0 Å². The molecule has 26 heavy (non-hydrogen) atoms. The number of fused-ring (bicyclic) bond motifs is 2. The summed E-state index contributed by atoms with van der Waals surface area (Å²) in [5, 5.41) is 0. The summed E-state index contributed by atoms with van der Waals surface area (Å²) < 4.78 is 16.4. The van der Waals surface area contributed by atoms with Crippen LogP contribution in [0.3, 0.4) is 0 Å². The minimum Gasteiger partial charge on any atom is -0.454 e. The lowest BCUT2D eigenvalue weighted by atomic mass is 9.81. The first-order chi connectivity index (χ1) is 12.3. The monoisotopic (exact) mass is 358 g/mol. The quantitative estimate of drug-likeness (QED) is 0.327. The second-order valence-corrected chi connectivity index (χ2v) is 6.80. The molecule has 0 bridgehead atoms. The highest BCUT2D eigenvalue weighted by Crippen LogP contribution is 2.40. The molecule has 0 spiro atoms. The average Bonchev–Trinajstić information content (AvgIpc) is 2.87. The maximum absolute atomic E-state index is 12.4. The highest BCUT2D eigenvalue weighted by molar-refractivity contribution is 5.97. The lowest BCUT2D eigenvalue weighted by Gasteiger charge is -2.38. The van der Waals surface area contributed by atoms with Crippen molar-refractivity contribution in [1.29, 1.82) is 0 Å². The smallest absolute Gasteiger partial charge is 0.338 e. The van der Waals surface area contributed by atoms with Crippen molar-refractivity contribution in [3.63, 3.8) is 0 Å². The third-order valence-corrected chi connectivity index (χ3v) is 5.04. The van der Waals surface area contributed by atoms with Gasteiger partial charge in [0.25, 0.3) is 0 Å². The van der Waals surface area contributed by atoms with Crippen molar-refractivity contribution in [3.8, 4) is 0 Å². The third kappa shape index (κ3) is 3.11. The summed E-state index contributed by atoms with van der Waals surface area (Å²) >= 11 is 0. The van der Waals surface area contributed by atoms with Crippen molar-refractivity contribution in [1.82, 2.24) is 0 Å². The van der Waals surface area contributed by atoms with Gasteiger partial charge in [-0.1, -0.05) is 24.3 Å². The Balaban J connectivity index is 2.03. The standard InChI is InChI=1S/C20H22O6/c1-5-11(3)18(21)26-17-15-12(4)19(22)24-14(15)9-10(2)7-6-8-13-16(17)25-20(13)23/h5,8-9,14-17H,4,6-7H2,1-3H3/b10-9+,11-5+,13-8+/t14-,15-,16+,17+/m1/s1. The van der Waals surface area contributed by atoms with E-state index >= 15 is 0 Å². The van der Waals surface area contributed by atoms with E-state index in [-0.39, 0.29) is 5.57 Å². The Hall–Kier alpha value is -2.63. The molecule has 2 heterocycles. The van der Waals surface area contributed by atoms with Gasteiger partial charge in [0.2, 0.25) is 0 Å². The molecule has 3 aliphatic rings. The SMILES string of the molecule is C=C1C(=O)O[C@@H]2/C=C(\C)CC/C=C3/C(=O)O[C@@H]3[C@@H](OC(=O)/C(C)=C/C)[C@H]12. The first-order valence-electron chi connectivity index (χ1n) is 8.65. The van der Waals surface area contributed by atoms with Crippen molar-refractivity contribution in [2.45, 2.75) is 51.9 Å². The maximum Gasteiger partial charge on any atom is 0.338 e. The van der Waals surface area contributed by atoms with E-state index in [1.807, 2.05) is 19.1 Å². The van der Waals surface area contributed by atoms with E-state index in [4.69, 9.17) is 14.2 Å². The van der Waals surface area contributed by atoms with Crippen LogP contribution in [0, 0.1) is 5.92 Å². The normalized spacial score (nSPS) is 35.5. The van der Waals surface area contributed by atoms with Crippen LogP contribution in [-0.4, -0.2) is 36.2 Å². The summed E-state index contributed by atoms with van der Waals surface area (Å²) in [4.78, 5) is 36.4. The molecular weight excluding hydrogens is 336 g/mol. The van der Waals surface area contributed by atoms with E-state index in [9.17, 15) is 14.4 Å². The number of hydrogen-bond acceptors (Lipinski definition) is 6. The summed E-state index contributed by atoms with van der Waals surface area (Å²) in [6.45, 7) is 9.13. The Morgan fingerprint density at radius 1 is 1.31 bits per heavy atom. The van der Waals surface area contributed by atoms with Gasteiger partial charge in [0, 0.05) is 11.1 Å². The van der Waals surface area contributed by atoms with Crippen LogP contribution in [0.15, 0.2) is 47.1 Å². The first kappa shape index (κ1) is 18.2. The van der Waals surface area contributed by atoms with Gasteiger partial charge in [-0.15, -0.1) is 0 Å². The van der Waals surface area contributed by atoms with Crippen LogP contribution in [0.1, 0.15) is 33.6 Å². The van der Waals surface area contributed by atoms with Gasteiger partial charge in [-0.3, -0.25) is 0 Å². The Morgan fingerprint density at radius 2 is 2.04 bits per heavy atom. The summed E-state index contributed by atoms with van der Waals surface area (Å²) in [7, 11) is 0. The predicted octanol–water partition coefficient (Wildman–Crippen LogP) is 2.55. The minimum absolute atomic E-state index is 0.220. The highest BCUT2D eigenvalue weighted by Gasteiger charge is 2.53. The molecule has 138 valence electrons. The molecule has 0 N–H and O–H groups in total. The van der Waals surface area contributed by atoms with E-state index in [0.29, 0.717) is 17.6 Å². The Bertz CT molecular complexity index is 769. The molecule has 2 saturated heterocycles. The number of rotatable bonds is 2. The molecule has 0 aromatic carbocycles. The van der Waals surface area contributed by atoms with Gasteiger partial charge in [0.05, 0.1) is 11.5 Å². The first-order valence-corrected chi connectivity index (χ1v) is 8.65. The number of ether oxygens (including phenoxy) is 3. The lowest BCUT2D eigenvalue weighted by molar-refractivity contribution is -0.178. The Labute approximate surface area is 152 Å². The van der Waals surface area contributed by atoms with Crippen LogP contribution in [0.4, 0.5) is 0 Å². The fourth-order valence-corrected chi connectivity index (χ4v) is 3.36. The molecule has 0 amide bonds. The van der Waals surface area contributed by atoms with Crippen LogP contribution in [0.2, 0.25) is 0 Å². The Kier molecular flexibility index (Phi) is 4.85. The van der Waals surface area contributed by atoms with E-state index in [2.05, 4.69) is 6.58 Å². The maximum atomic E-state index is 12.4. The number of esters is 3. The van der Waals surface area contributed by atoms with Crippen molar-refractivity contribution >= 4 is 17.9 Å². The third-order valence-electron chi connectivity index (χ3n) is 5.04. The molecule has 0 aromatic rings. The summed E-state index contributed by atoms with van der Waals surface area (Å²) in [5.41, 5.74) is 2.15. The topological polar surface area (TPSA) is 78.9 Å². The Morgan fingerprint density at radius 3 is 2.69 bits per heavy atom. The van der Waals surface area contributed by atoms with Crippen molar-refractivity contribution in [3.05, 3.63) is 47.1 Å². The fraction of sp³-hybridized carbons (Fsp3) is 0.450. The second kappa shape index (κ2) is 6.94. The molecule has 6 nitrogen and oxygen atoms in total. The van der Waals surface area contributed by atoms with Gasteiger partial charge >= 0.3 is 17.9 Å². The zero-order chi connectivity index (χ0) is 19.0. The largest absolute Gasteiger partial charge is 0.454 e. The molecule has 2 aliphatic heterocycles. The van der Waals surface area contributed by atoms with Crippen molar-refractivity contribution < 1.29 is 28.6 Å². The van der Waals surface area contributed by atoms with Crippen LogP contribution in [-0.2, 0) is 28.6 Å². The molecule has 1 aliphatic carbocycles. The molecule has 4 atom stereocenters. The molecule has 0 aromatic heterocycles. The van der Waals surface area contributed by atoms with Crippen LogP contribution in [0.5, 0.6) is 0 Å². The summed E-state index contributed by atoms with van der Waals surface area (Å²) in [6, 6.07) is 0. The predicted molar refractivity (Wildman–Crippen MR) is 92.8 cm³/mol. The van der Waals surface area contributed by atoms with Gasteiger partial charge in [0.15, 0.2) is 12.2 Å².